The fraction of sp³-hybridized carbons (Fsp3) is 0.500. The number of carbonyl (C=O) groups is 1. The lowest BCUT2D eigenvalue weighted by Gasteiger charge is -2.34. The van der Waals surface area contributed by atoms with Gasteiger partial charge >= 0.3 is 5.97 Å². The first-order valence-corrected chi connectivity index (χ1v) is 9.05. The summed E-state index contributed by atoms with van der Waals surface area (Å²) in [6.07, 6.45) is 0.801. The molecule has 26 heavy (non-hydrogen) atoms. The molecule has 3 heterocycles. The molecule has 0 amide bonds. The first kappa shape index (κ1) is 17.2. The highest BCUT2D eigenvalue weighted by Crippen LogP contribution is 2.42. The number of benzene rings is 1. The van der Waals surface area contributed by atoms with Gasteiger partial charge in [-0.1, -0.05) is 17.7 Å². The Kier molecular flexibility index (Phi) is 4.32. The van der Waals surface area contributed by atoms with Gasteiger partial charge < -0.3 is 14.3 Å². The fourth-order valence-electron chi connectivity index (χ4n) is 4.20. The average Bonchev–Trinajstić information content (AvgIpc) is 3.16. The molecule has 2 atom stereocenters. The van der Waals surface area contributed by atoms with Gasteiger partial charge in [0.05, 0.1) is 12.3 Å². The minimum absolute atomic E-state index is 0.136. The zero-order valence-corrected chi connectivity index (χ0v) is 15.2. The molecular weight excluding hydrogens is 332 g/mol. The molecule has 0 radical (unpaired) electrons. The van der Waals surface area contributed by atoms with E-state index in [0.717, 1.165) is 35.5 Å². The molecule has 0 spiro atoms. The van der Waals surface area contributed by atoms with Crippen molar-refractivity contribution in [1.82, 2.24) is 9.88 Å². The van der Waals surface area contributed by atoms with Crippen molar-refractivity contribution in [3.8, 4) is 11.5 Å². The normalized spacial score (nSPS) is 26.0. The van der Waals surface area contributed by atoms with E-state index >= 15 is 0 Å². The summed E-state index contributed by atoms with van der Waals surface area (Å²) in [5.74, 6) is 0.797. The zero-order valence-electron chi connectivity index (χ0n) is 15.2. The van der Waals surface area contributed by atoms with Gasteiger partial charge in [-0.2, -0.15) is 0 Å². The van der Waals surface area contributed by atoms with Gasteiger partial charge in [-0.15, -0.1) is 0 Å². The number of likely N-dealkylation sites (tertiary alicyclic amines) is 1. The number of rotatable bonds is 4. The number of aromatic nitrogens is 1. The molecule has 6 heteroatoms. The van der Waals surface area contributed by atoms with Gasteiger partial charge in [0, 0.05) is 31.8 Å². The van der Waals surface area contributed by atoms with Crippen molar-refractivity contribution in [2.45, 2.75) is 26.8 Å². The number of ether oxygens (including phenoxy) is 1. The van der Waals surface area contributed by atoms with Crippen LogP contribution >= 0.6 is 0 Å². The minimum Gasteiger partial charge on any atom is -0.481 e. The van der Waals surface area contributed by atoms with Crippen molar-refractivity contribution in [3.63, 3.8) is 0 Å². The molecule has 0 bridgehead atoms. The lowest BCUT2D eigenvalue weighted by Crippen LogP contribution is -2.46. The molecule has 1 N–H and O–H groups in total. The quantitative estimate of drug-likeness (QED) is 0.908. The van der Waals surface area contributed by atoms with Crippen molar-refractivity contribution in [2.24, 2.45) is 11.3 Å². The number of aryl methyl sites for hydroxylation is 2. The van der Waals surface area contributed by atoms with Crippen LogP contribution in [0.2, 0.25) is 0 Å². The number of nitrogens with zero attached hydrogens (tertiary/aromatic N) is 2. The van der Waals surface area contributed by atoms with E-state index in [2.05, 4.69) is 16.0 Å². The third-order valence-corrected chi connectivity index (χ3v) is 5.69. The number of carboxylic acid groups (broad SMARTS) is 1. The van der Waals surface area contributed by atoms with Crippen LogP contribution in [0.15, 0.2) is 28.7 Å². The molecular formula is C20H24N2O4. The van der Waals surface area contributed by atoms with E-state index in [-0.39, 0.29) is 5.92 Å². The van der Waals surface area contributed by atoms with E-state index in [1.165, 1.54) is 0 Å². The van der Waals surface area contributed by atoms with Gasteiger partial charge in [-0.3, -0.25) is 9.69 Å². The van der Waals surface area contributed by atoms with Crippen LogP contribution in [-0.4, -0.2) is 47.3 Å². The number of oxazole rings is 1. The first-order valence-electron chi connectivity index (χ1n) is 9.05. The smallest absolute Gasteiger partial charge is 0.313 e. The second-order valence-electron chi connectivity index (χ2n) is 7.56. The maximum Gasteiger partial charge on any atom is 0.313 e. The van der Waals surface area contributed by atoms with Gasteiger partial charge in [-0.25, -0.2) is 4.98 Å². The van der Waals surface area contributed by atoms with Gasteiger partial charge in [0.15, 0.2) is 0 Å². The van der Waals surface area contributed by atoms with Gasteiger partial charge in [0.1, 0.15) is 11.2 Å². The molecule has 2 aliphatic heterocycles. The Bertz CT molecular complexity index is 831. The fourth-order valence-corrected chi connectivity index (χ4v) is 4.20. The predicted molar refractivity (Wildman–Crippen MR) is 95.7 cm³/mol. The minimum atomic E-state index is -0.782. The number of fused-ring (bicyclic) bond motifs is 1. The average molecular weight is 356 g/mol. The van der Waals surface area contributed by atoms with E-state index in [9.17, 15) is 9.90 Å². The highest BCUT2D eigenvalue weighted by Gasteiger charge is 2.54. The van der Waals surface area contributed by atoms with Crippen LogP contribution in [0.3, 0.4) is 0 Å². The Labute approximate surface area is 152 Å². The maximum atomic E-state index is 11.9. The van der Waals surface area contributed by atoms with Crippen LogP contribution in [-0.2, 0) is 16.1 Å². The Morgan fingerprint density at radius 1 is 1.42 bits per heavy atom. The van der Waals surface area contributed by atoms with Crippen LogP contribution in [0, 0.1) is 25.2 Å². The Balaban J connectivity index is 1.54. The third kappa shape index (κ3) is 2.93. The third-order valence-electron chi connectivity index (χ3n) is 5.69. The molecule has 0 aliphatic carbocycles. The van der Waals surface area contributed by atoms with Gasteiger partial charge in [0.2, 0.25) is 5.89 Å². The van der Waals surface area contributed by atoms with Crippen molar-refractivity contribution >= 4 is 5.97 Å². The van der Waals surface area contributed by atoms with Crippen molar-refractivity contribution in [3.05, 3.63) is 41.3 Å². The van der Waals surface area contributed by atoms with E-state index in [1.807, 2.05) is 32.0 Å². The van der Waals surface area contributed by atoms with E-state index in [0.29, 0.717) is 32.2 Å². The van der Waals surface area contributed by atoms with Crippen LogP contribution in [0.25, 0.3) is 11.5 Å². The highest BCUT2D eigenvalue weighted by atomic mass is 16.5. The first-order chi connectivity index (χ1) is 12.5. The zero-order chi connectivity index (χ0) is 18.3. The van der Waals surface area contributed by atoms with Crippen LogP contribution in [0.1, 0.15) is 23.4 Å². The van der Waals surface area contributed by atoms with Crippen LogP contribution in [0.5, 0.6) is 0 Å². The molecule has 2 fully saturated rings. The molecule has 2 aromatic rings. The SMILES string of the molecule is Cc1cccc(-c2nc(CN3C[C@@H]4CCOC[C@]4(C(=O)O)C3)c(C)o2)c1. The molecule has 4 rings (SSSR count). The topological polar surface area (TPSA) is 75.8 Å². The summed E-state index contributed by atoms with van der Waals surface area (Å²) in [5, 5.41) is 9.78. The molecule has 0 unspecified atom stereocenters. The molecule has 0 saturated carbocycles. The van der Waals surface area contributed by atoms with Gasteiger partial charge in [-0.05, 0) is 38.3 Å². The number of carboxylic acids is 1. The number of aliphatic carboxylic acids is 1. The lowest BCUT2D eigenvalue weighted by atomic mass is 9.76. The monoisotopic (exact) mass is 356 g/mol. The molecule has 6 nitrogen and oxygen atoms in total. The predicted octanol–water partition coefficient (Wildman–Crippen LogP) is 2.88. The van der Waals surface area contributed by atoms with E-state index in [1.54, 1.807) is 0 Å². The number of hydrogen-bond acceptors (Lipinski definition) is 5. The maximum absolute atomic E-state index is 11.9. The summed E-state index contributed by atoms with van der Waals surface area (Å²) in [6.45, 7) is 6.78. The Morgan fingerprint density at radius 2 is 2.27 bits per heavy atom. The van der Waals surface area contributed by atoms with E-state index in [4.69, 9.17) is 9.15 Å². The van der Waals surface area contributed by atoms with Crippen molar-refractivity contribution in [1.29, 1.82) is 0 Å². The second-order valence-corrected chi connectivity index (χ2v) is 7.56. The van der Waals surface area contributed by atoms with Crippen LogP contribution < -0.4 is 0 Å². The molecule has 2 aliphatic rings. The summed E-state index contributed by atoms with van der Waals surface area (Å²) in [7, 11) is 0. The molecule has 1 aromatic heterocycles. The van der Waals surface area contributed by atoms with Crippen molar-refractivity contribution < 1.29 is 19.1 Å². The lowest BCUT2D eigenvalue weighted by molar-refractivity contribution is -0.159. The molecule has 1 aromatic carbocycles. The summed E-state index contributed by atoms with van der Waals surface area (Å²) in [5.41, 5.74) is 2.22. The standard InChI is InChI=1S/C20H24N2O4/c1-13-4-3-5-15(8-13)18-21-17(14(2)26-18)10-22-9-16-6-7-25-12-20(16,11-22)19(23)24/h3-5,8,16H,6-7,9-12H2,1-2H3,(H,23,24)/t16-,20+/m0/s1. The molecule has 138 valence electrons. The summed E-state index contributed by atoms with van der Waals surface area (Å²) < 4.78 is 11.4. The van der Waals surface area contributed by atoms with Crippen LogP contribution in [0.4, 0.5) is 0 Å². The summed E-state index contributed by atoms with van der Waals surface area (Å²) in [4.78, 5) is 18.8. The van der Waals surface area contributed by atoms with Crippen molar-refractivity contribution in [2.75, 3.05) is 26.3 Å². The number of hydrogen-bond donors (Lipinski definition) is 1. The Hall–Kier alpha value is -2.18. The van der Waals surface area contributed by atoms with Gasteiger partial charge in [0.25, 0.3) is 0 Å². The molecule has 2 saturated heterocycles. The largest absolute Gasteiger partial charge is 0.481 e. The Morgan fingerprint density at radius 3 is 3.00 bits per heavy atom. The highest BCUT2D eigenvalue weighted by molar-refractivity contribution is 5.76. The summed E-state index contributed by atoms with van der Waals surface area (Å²) in [6, 6.07) is 8.07. The second kappa shape index (κ2) is 6.52. The van der Waals surface area contributed by atoms with E-state index < -0.39 is 11.4 Å². The summed E-state index contributed by atoms with van der Waals surface area (Å²) >= 11 is 0.